The Kier molecular flexibility index (Phi) is 5.47. The predicted octanol–water partition coefficient (Wildman–Crippen LogP) is -0.210. The highest BCUT2D eigenvalue weighted by Crippen LogP contribution is 2.26. The van der Waals surface area contributed by atoms with E-state index in [0.29, 0.717) is 24.8 Å². The van der Waals surface area contributed by atoms with Crippen molar-refractivity contribution in [2.45, 2.75) is 30.2 Å². The molecule has 1 saturated carbocycles. The number of rotatable bonds is 5. The van der Waals surface area contributed by atoms with Gasteiger partial charge in [0, 0.05) is 24.7 Å². The van der Waals surface area contributed by atoms with Crippen LogP contribution in [0.4, 0.5) is 0 Å². The summed E-state index contributed by atoms with van der Waals surface area (Å²) in [5.74, 6) is -2.01. The first-order valence-corrected chi connectivity index (χ1v) is 10.1. The van der Waals surface area contributed by atoms with Crippen LogP contribution in [0.1, 0.15) is 29.6 Å². The lowest BCUT2D eigenvalue weighted by Crippen LogP contribution is -2.49. The Balaban J connectivity index is 1.65. The molecule has 3 rings (SSSR count). The van der Waals surface area contributed by atoms with Gasteiger partial charge >= 0.3 is 5.97 Å². The molecule has 9 nitrogen and oxygen atoms in total. The van der Waals surface area contributed by atoms with Crippen LogP contribution in [0.25, 0.3) is 0 Å². The number of piperazine rings is 1. The number of carbonyl (C=O) groups is 3. The lowest BCUT2D eigenvalue weighted by atomic mass is 10.1. The van der Waals surface area contributed by atoms with E-state index < -0.39 is 21.9 Å². The number of nitrogens with one attached hydrogen (secondary N) is 2. The summed E-state index contributed by atoms with van der Waals surface area (Å²) in [5, 5.41) is 14.4. The molecular formula is C17H21N3O6S. The number of carbonyl (C=O) groups excluding carboxylic acids is 2. The SMILES string of the molecule is O=C1CN(S(=O)(=O)c2ccc(C(=O)N[C@H]3CC[C@@H](C(=O)O)C3)cc2)CCN1. The van der Waals surface area contributed by atoms with Gasteiger partial charge in [-0.05, 0) is 43.5 Å². The first-order chi connectivity index (χ1) is 12.8. The number of nitrogens with zero attached hydrogens (tertiary/aromatic N) is 1. The second kappa shape index (κ2) is 7.65. The molecule has 0 bridgehead atoms. The molecule has 2 atom stereocenters. The van der Waals surface area contributed by atoms with Gasteiger partial charge in [-0.3, -0.25) is 14.4 Å². The van der Waals surface area contributed by atoms with Crippen LogP contribution in [0.15, 0.2) is 29.2 Å². The summed E-state index contributed by atoms with van der Waals surface area (Å²) >= 11 is 0. The van der Waals surface area contributed by atoms with Gasteiger partial charge < -0.3 is 15.7 Å². The van der Waals surface area contributed by atoms with Crippen LogP contribution in [-0.4, -0.2) is 61.3 Å². The maximum Gasteiger partial charge on any atom is 0.306 e. The molecule has 0 spiro atoms. The van der Waals surface area contributed by atoms with E-state index in [1.54, 1.807) is 0 Å². The van der Waals surface area contributed by atoms with Gasteiger partial charge in [-0.2, -0.15) is 4.31 Å². The second-order valence-electron chi connectivity index (χ2n) is 6.73. The Labute approximate surface area is 156 Å². The summed E-state index contributed by atoms with van der Waals surface area (Å²) in [4.78, 5) is 34.7. The minimum absolute atomic E-state index is 0.0144. The molecule has 1 aliphatic carbocycles. The summed E-state index contributed by atoms with van der Waals surface area (Å²) in [7, 11) is -3.80. The number of hydrogen-bond donors (Lipinski definition) is 3. The van der Waals surface area contributed by atoms with Gasteiger partial charge in [-0.1, -0.05) is 0 Å². The Bertz CT molecular complexity index is 852. The Morgan fingerprint density at radius 3 is 2.48 bits per heavy atom. The van der Waals surface area contributed by atoms with Crippen LogP contribution < -0.4 is 10.6 Å². The van der Waals surface area contributed by atoms with Crippen LogP contribution >= 0.6 is 0 Å². The molecule has 10 heteroatoms. The number of amides is 2. The summed E-state index contributed by atoms with van der Waals surface area (Å²) in [6.07, 6.45) is 1.53. The minimum atomic E-state index is -3.80. The molecule has 0 aromatic heterocycles. The van der Waals surface area contributed by atoms with Crippen molar-refractivity contribution < 1.29 is 27.9 Å². The molecule has 1 saturated heterocycles. The van der Waals surface area contributed by atoms with Crippen LogP contribution in [-0.2, 0) is 19.6 Å². The number of carboxylic acids is 1. The van der Waals surface area contributed by atoms with E-state index in [-0.39, 0.29) is 42.4 Å². The fourth-order valence-electron chi connectivity index (χ4n) is 3.35. The summed E-state index contributed by atoms with van der Waals surface area (Å²) in [6, 6.07) is 5.30. The zero-order chi connectivity index (χ0) is 19.6. The van der Waals surface area contributed by atoms with Gasteiger partial charge in [0.05, 0.1) is 17.4 Å². The van der Waals surface area contributed by atoms with Crippen LogP contribution in [0.5, 0.6) is 0 Å². The molecule has 0 unspecified atom stereocenters. The van der Waals surface area contributed by atoms with Crippen molar-refractivity contribution in [3.8, 4) is 0 Å². The number of aliphatic carboxylic acids is 1. The summed E-state index contributed by atoms with van der Waals surface area (Å²) in [6.45, 7) is 0.233. The number of benzene rings is 1. The molecule has 1 heterocycles. The number of carboxylic acid groups (broad SMARTS) is 1. The predicted molar refractivity (Wildman–Crippen MR) is 94.4 cm³/mol. The minimum Gasteiger partial charge on any atom is -0.481 e. The van der Waals surface area contributed by atoms with Crippen molar-refractivity contribution in [3.05, 3.63) is 29.8 Å². The maximum atomic E-state index is 12.6. The van der Waals surface area contributed by atoms with Gasteiger partial charge in [0.1, 0.15) is 0 Å². The first kappa shape index (κ1) is 19.3. The van der Waals surface area contributed by atoms with Crippen molar-refractivity contribution in [1.29, 1.82) is 0 Å². The lowest BCUT2D eigenvalue weighted by Gasteiger charge is -2.25. The summed E-state index contributed by atoms with van der Waals surface area (Å²) < 4.78 is 26.3. The largest absolute Gasteiger partial charge is 0.481 e. The molecule has 1 aromatic carbocycles. The second-order valence-corrected chi connectivity index (χ2v) is 8.67. The van der Waals surface area contributed by atoms with Crippen LogP contribution in [0.2, 0.25) is 0 Å². The van der Waals surface area contributed by atoms with Crippen molar-refractivity contribution >= 4 is 27.8 Å². The molecule has 2 aliphatic rings. The average Bonchev–Trinajstić information content (AvgIpc) is 3.10. The standard InChI is InChI=1S/C17H21N3O6S/c21-15-10-20(8-7-18-15)27(25,26)14-5-2-11(3-6-14)16(22)19-13-4-1-12(9-13)17(23)24/h2-3,5-6,12-13H,1,4,7-10H2,(H,18,21)(H,19,22)(H,23,24)/t12-,13+/m1/s1. The van der Waals surface area contributed by atoms with Gasteiger partial charge in [0.25, 0.3) is 5.91 Å². The quantitative estimate of drug-likeness (QED) is 0.632. The first-order valence-electron chi connectivity index (χ1n) is 8.68. The third-order valence-corrected chi connectivity index (χ3v) is 6.73. The van der Waals surface area contributed by atoms with Crippen molar-refractivity contribution in [2.75, 3.05) is 19.6 Å². The zero-order valence-electron chi connectivity index (χ0n) is 14.6. The Hall–Kier alpha value is -2.46. The normalized spacial score (nSPS) is 23.6. The highest BCUT2D eigenvalue weighted by atomic mass is 32.2. The fraction of sp³-hybridized carbons (Fsp3) is 0.471. The van der Waals surface area contributed by atoms with E-state index in [1.807, 2.05) is 0 Å². The van der Waals surface area contributed by atoms with Crippen LogP contribution in [0, 0.1) is 5.92 Å². The van der Waals surface area contributed by atoms with Crippen LogP contribution in [0.3, 0.4) is 0 Å². The fourth-order valence-corrected chi connectivity index (χ4v) is 4.75. The summed E-state index contributed by atoms with van der Waals surface area (Å²) in [5.41, 5.74) is 0.295. The van der Waals surface area contributed by atoms with Gasteiger partial charge in [0.15, 0.2) is 0 Å². The molecular weight excluding hydrogens is 374 g/mol. The molecule has 2 amide bonds. The third kappa shape index (κ3) is 4.28. The van der Waals surface area contributed by atoms with E-state index in [4.69, 9.17) is 5.11 Å². The van der Waals surface area contributed by atoms with E-state index in [2.05, 4.69) is 10.6 Å². The molecule has 1 aromatic rings. The molecule has 27 heavy (non-hydrogen) atoms. The molecule has 3 N–H and O–H groups in total. The van der Waals surface area contributed by atoms with Crippen molar-refractivity contribution in [2.24, 2.45) is 5.92 Å². The third-order valence-electron chi connectivity index (χ3n) is 4.87. The average molecular weight is 395 g/mol. The van der Waals surface area contributed by atoms with E-state index in [1.165, 1.54) is 24.3 Å². The Morgan fingerprint density at radius 1 is 1.19 bits per heavy atom. The Morgan fingerprint density at radius 2 is 1.89 bits per heavy atom. The lowest BCUT2D eigenvalue weighted by molar-refractivity contribution is -0.141. The number of hydrogen-bond acceptors (Lipinski definition) is 5. The van der Waals surface area contributed by atoms with Crippen molar-refractivity contribution in [3.63, 3.8) is 0 Å². The maximum absolute atomic E-state index is 12.6. The molecule has 146 valence electrons. The topological polar surface area (TPSA) is 133 Å². The monoisotopic (exact) mass is 395 g/mol. The molecule has 0 radical (unpaired) electrons. The molecule has 2 fully saturated rings. The van der Waals surface area contributed by atoms with Crippen molar-refractivity contribution in [1.82, 2.24) is 14.9 Å². The van der Waals surface area contributed by atoms with E-state index in [0.717, 1.165) is 4.31 Å². The van der Waals surface area contributed by atoms with Gasteiger partial charge in [-0.25, -0.2) is 8.42 Å². The smallest absolute Gasteiger partial charge is 0.306 e. The highest BCUT2D eigenvalue weighted by Gasteiger charge is 2.31. The van der Waals surface area contributed by atoms with Gasteiger partial charge in [0.2, 0.25) is 15.9 Å². The number of sulfonamides is 1. The highest BCUT2D eigenvalue weighted by molar-refractivity contribution is 7.89. The van der Waals surface area contributed by atoms with Gasteiger partial charge in [-0.15, -0.1) is 0 Å². The zero-order valence-corrected chi connectivity index (χ0v) is 15.4. The molecule has 1 aliphatic heterocycles. The van der Waals surface area contributed by atoms with E-state index >= 15 is 0 Å². The van der Waals surface area contributed by atoms with E-state index in [9.17, 15) is 22.8 Å².